The largest absolute Gasteiger partial charge is 0.388 e. The summed E-state index contributed by atoms with van der Waals surface area (Å²) in [4.78, 5) is 13.5. The van der Waals surface area contributed by atoms with Crippen molar-refractivity contribution in [1.29, 1.82) is 0 Å². The topological polar surface area (TPSA) is 32.3 Å². The van der Waals surface area contributed by atoms with E-state index in [0.29, 0.717) is 0 Å². The predicted octanol–water partition coefficient (Wildman–Crippen LogP) is 5.07. The van der Waals surface area contributed by atoms with Gasteiger partial charge < -0.3 is 10.2 Å². The molecule has 1 unspecified atom stereocenters. The summed E-state index contributed by atoms with van der Waals surface area (Å²) >= 11 is 6.24. The lowest BCUT2D eigenvalue weighted by Gasteiger charge is -2.25. The Bertz CT molecular complexity index is 783. The second kappa shape index (κ2) is 7.75. The number of aryl methyl sites for hydroxylation is 1. The third-order valence-corrected chi connectivity index (χ3v) is 4.97. The van der Waals surface area contributed by atoms with E-state index in [1.807, 2.05) is 30.1 Å². The second-order valence-corrected chi connectivity index (χ2v) is 6.87. The van der Waals surface area contributed by atoms with Crippen LogP contribution >= 0.6 is 11.6 Å². The van der Waals surface area contributed by atoms with Gasteiger partial charge in [0.05, 0.1) is 6.04 Å². The van der Waals surface area contributed by atoms with Crippen molar-refractivity contribution in [2.24, 2.45) is 0 Å². The van der Waals surface area contributed by atoms with Crippen LogP contribution in [0.15, 0.2) is 48.5 Å². The molecule has 0 radical (unpaired) electrons. The maximum atomic E-state index is 11.6. The summed E-state index contributed by atoms with van der Waals surface area (Å²) in [6, 6.07) is 14.2. The van der Waals surface area contributed by atoms with Crippen LogP contribution in [0.2, 0.25) is 5.02 Å². The van der Waals surface area contributed by atoms with E-state index in [2.05, 4.69) is 42.6 Å². The van der Waals surface area contributed by atoms with Crippen molar-refractivity contribution in [2.75, 3.05) is 18.9 Å². The number of anilines is 1. The fourth-order valence-corrected chi connectivity index (χ4v) is 3.53. The number of hydrogen-bond acceptors (Lipinski definition) is 2. The Hall–Kier alpha value is -2.26. The fraction of sp³-hybridized carbons (Fsp3) is 0.286. The molecule has 1 aliphatic heterocycles. The maximum Gasteiger partial charge on any atom is 0.210 e. The lowest BCUT2D eigenvalue weighted by atomic mass is 9.96. The van der Waals surface area contributed by atoms with Gasteiger partial charge in [0, 0.05) is 29.9 Å². The highest BCUT2D eigenvalue weighted by Gasteiger charge is 2.22. The van der Waals surface area contributed by atoms with E-state index in [1.165, 1.54) is 11.1 Å². The van der Waals surface area contributed by atoms with E-state index in [9.17, 15) is 4.79 Å². The number of carbonyl (C=O) groups excluding carboxylic acids is 1. The minimum absolute atomic E-state index is 0.0562. The van der Waals surface area contributed by atoms with E-state index in [-0.39, 0.29) is 6.04 Å². The quantitative estimate of drug-likeness (QED) is 0.777. The van der Waals surface area contributed by atoms with Gasteiger partial charge in [0.15, 0.2) is 0 Å². The van der Waals surface area contributed by atoms with Gasteiger partial charge in [0.25, 0.3) is 0 Å². The van der Waals surface area contributed by atoms with Crippen LogP contribution in [0.1, 0.15) is 35.6 Å². The molecule has 4 heteroatoms. The SMILES string of the molecule is CNc1ccc(Cl)cc1C1=CC(c2ccc(C)cc2)N(C=O)CCC1. The van der Waals surface area contributed by atoms with Crippen LogP contribution in [0.25, 0.3) is 5.57 Å². The molecule has 130 valence electrons. The van der Waals surface area contributed by atoms with Gasteiger partial charge in [0.1, 0.15) is 0 Å². The third-order valence-electron chi connectivity index (χ3n) is 4.73. The number of nitrogens with zero attached hydrogens (tertiary/aromatic N) is 1. The number of amides is 1. The normalized spacial score (nSPS) is 17.6. The zero-order valence-corrected chi connectivity index (χ0v) is 15.4. The molecule has 1 aliphatic rings. The first-order chi connectivity index (χ1) is 12.1. The van der Waals surface area contributed by atoms with E-state index in [1.54, 1.807) is 0 Å². The molecule has 0 fully saturated rings. The molecular formula is C21H23ClN2O. The minimum Gasteiger partial charge on any atom is -0.388 e. The molecule has 3 rings (SSSR count). The molecular weight excluding hydrogens is 332 g/mol. The smallest absolute Gasteiger partial charge is 0.210 e. The van der Waals surface area contributed by atoms with Crippen LogP contribution in [-0.2, 0) is 4.79 Å². The van der Waals surface area contributed by atoms with Crippen molar-refractivity contribution < 1.29 is 4.79 Å². The van der Waals surface area contributed by atoms with Crippen molar-refractivity contribution in [3.63, 3.8) is 0 Å². The molecule has 25 heavy (non-hydrogen) atoms. The van der Waals surface area contributed by atoms with Gasteiger partial charge in [-0.05, 0) is 49.1 Å². The number of nitrogens with one attached hydrogen (secondary N) is 1. The molecule has 2 aromatic rings. The first kappa shape index (κ1) is 17.6. The van der Waals surface area contributed by atoms with Crippen LogP contribution in [0, 0.1) is 6.92 Å². The maximum absolute atomic E-state index is 11.6. The molecule has 0 spiro atoms. The summed E-state index contributed by atoms with van der Waals surface area (Å²) in [5, 5.41) is 3.97. The zero-order valence-electron chi connectivity index (χ0n) is 14.6. The van der Waals surface area contributed by atoms with Gasteiger partial charge in [-0.25, -0.2) is 0 Å². The van der Waals surface area contributed by atoms with Crippen LogP contribution in [0.5, 0.6) is 0 Å². The van der Waals surface area contributed by atoms with Crippen molar-refractivity contribution in [1.82, 2.24) is 4.90 Å². The first-order valence-corrected chi connectivity index (χ1v) is 8.96. The standard InChI is InChI=1S/C21H23ClN2O/c1-15-5-7-16(8-6-15)21-12-17(4-3-11-24(21)14-25)19-13-18(22)9-10-20(19)23-2/h5-10,12-14,21,23H,3-4,11H2,1-2H3. The van der Waals surface area contributed by atoms with Gasteiger partial charge >= 0.3 is 0 Å². The Labute approximate surface area is 154 Å². The molecule has 1 atom stereocenters. The third kappa shape index (κ3) is 3.88. The highest BCUT2D eigenvalue weighted by atomic mass is 35.5. The predicted molar refractivity (Wildman–Crippen MR) is 105 cm³/mol. The van der Waals surface area contributed by atoms with Crippen molar-refractivity contribution in [3.05, 3.63) is 70.3 Å². The van der Waals surface area contributed by atoms with Gasteiger partial charge in [-0.3, -0.25) is 4.79 Å². The van der Waals surface area contributed by atoms with E-state index >= 15 is 0 Å². The Balaban J connectivity index is 2.08. The summed E-state index contributed by atoms with van der Waals surface area (Å²) in [5.74, 6) is 0. The summed E-state index contributed by atoms with van der Waals surface area (Å²) in [6.45, 7) is 2.82. The number of allylic oxidation sites excluding steroid dienone is 1. The van der Waals surface area contributed by atoms with Crippen LogP contribution in [-0.4, -0.2) is 24.9 Å². The number of rotatable bonds is 4. The monoisotopic (exact) mass is 354 g/mol. The average molecular weight is 355 g/mol. The Kier molecular flexibility index (Phi) is 5.44. The Morgan fingerprint density at radius 3 is 2.64 bits per heavy atom. The van der Waals surface area contributed by atoms with Gasteiger partial charge in [-0.1, -0.05) is 47.5 Å². The van der Waals surface area contributed by atoms with Crippen molar-refractivity contribution >= 4 is 29.3 Å². The number of halogens is 1. The van der Waals surface area contributed by atoms with Gasteiger partial charge in [0.2, 0.25) is 6.41 Å². The fourth-order valence-electron chi connectivity index (χ4n) is 3.36. The summed E-state index contributed by atoms with van der Waals surface area (Å²) in [5.41, 5.74) is 5.73. The molecule has 1 amide bonds. The molecule has 2 aromatic carbocycles. The Morgan fingerprint density at radius 1 is 1.20 bits per heavy atom. The van der Waals surface area contributed by atoms with E-state index in [0.717, 1.165) is 47.6 Å². The molecule has 0 saturated carbocycles. The lowest BCUT2D eigenvalue weighted by molar-refractivity contribution is -0.119. The van der Waals surface area contributed by atoms with Gasteiger partial charge in [-0.15, -0.1) is 0 Å². The Morgan fingerprint density at radius 2 is 1.96 bits per heavy atom. The molecule has 0 aromatic heterocycles. The van der Waals surface area contributed by atoms with Crippen LogP contribution in [0.4, 0.5) is 5.69 Å². The van der Waals surface area contributed by atoms with E-state index < -0.39 is 0 Å². The molecule has 0 saturated heterocycles. The summed E-state index contributed by atoms with van der Waals surface area (Å²) in [7, 11) is 1.92. The van der Waals surface area contributed by atoms with Crippen molar-refractivity contribution in [2.45, 2.75) is 25.8 Å². The number of carbonyl (C=O) groups is 1. The molecule has 3 nitrogen and oxygen atoms in total. The molecule has 0 aliphatic carbocycles. The molecule has 1 heterocycles. The van der Waals surface area contributed by atoms with Crippen LogP contribution in [0.3, 0.4) is 0 Å². The highest BCUT2D eigenvalue weighted by Crippen LogP contribution is 2.36. The lowest BCUT2D eigenvalue weighted by Crippen LogP contribution is -2.26. The second-order valence-electron chi connectivity index (χ2n) is 6.43. The molecule has 0 bridgehead atoms. The number of hydrogen-bond donors (Lipinski definition) is 1. The minimum atomic E-state index is -0.0562. The van der Waals surface area contributed by atoms with Gasteiger partial charge in [-0.2, -0.15) is 0 Å². The highest BCUT2D eigenvalue weighted by molar-refractivity contribution is 6.30. The van der Waals surface area contributed by atoms with E-state index in [4.69, 9.17) is 11.6 Å². The number of benzene rings is 2. The summed E-state index contributed by atoms with van der Waals surface area (Å²) < 4.78 is 0. The van der Waals surface area contributed by atoms with Crippen LogP contribution < -0.4 is 5.32 Å². The average Bonchev–Trinajstić information content (AvgIpc) is 2.84. The zero-order chi connectivity index (χ0) is 17.8. The first-order valence-electron chi connectivity index (χ1n) is 8.58. The molecule has 1 N–H and O–H groups in total. The summed E-state index contributed by atoms with van der Waals surface area (Å²) in [6.07, 6.45) is 5.02. The van der Waals surface area contributed by atoms with Crippen molar-refractivity contribution in [3.8, 4) is 0 Å².